The number of nitrogens with zero attached hydrogens (tertiary/aromatic N) is 2. The number of halogens is 1. The van der Waals surface area contributed by atoms with E-state index in [1.807, 2.05) is 6.92 Å². The number of nitriles is 1. The maximum absolute atomic E-state index is 13.7. The fourth-order valence-electron chi connectivity index (χ4n) is 2.21. The Labute approximate surface area is 129 Å². The highest BCUT2D eigenvalue weighted by Gasteiger charge is 2.11. The van der Waals surface area contributed by atoms with Crippen LogP contribution in [0.3, 0.4) is 0 Å². The molecule has 0 aliphatic rings. The molecule has 0 saturated heterocycles. The van der Waals surface area contributed by atoms with Gasteiger partial charge in [0.25, 0.3) is 0 Å². The third kappa shape index (κ3) is 3.60. The molecule has 0 amide bonds. The molecule has 0 atom stereocenters. The Morgan fingerprint density at radius 1 is 1.50 bits per heavy atom. The quantitative estimate of drug-likeness (QED) is 0.654. The third-order valence-corrected chi connectivity index (χ3v) is 3.14. The Kier molecular flexibility index (Phi) is 5.08. The van der Waals surface area contributed by atoms with E-state index in [-0.39, 0.29) is 5.82 Å². The lowest BCUT2D eigenvalue weighted by atomic mass is 10.1. The van der Waals surface area contributed by atoms with Crippen LogP contribution in [0.25, 0.3) is 10.9 Å². The molecule has 2 aromatic rings. The molecule has 1 heterocycles. The number of fused-ring (bicyclic) bond motifs is 1. The number of ether oxygens (including phenoxy) is 1. The van der Waals surface area contributed by atoms with Crippen LogP contribution in [-0.4, -0.2) is 24.7 Å². The van der Waals surface area contributed by atoms with Gasteiger partial charge in [-0.05, 0) is 31.5 Å². The Morgan fingerprint density at radius 3 is 2.95 bits per heavy atom. The first-order valence-electron chi connectivity index (χ1n) is 6.98. The summed E-state index contributed by atoms with van der Waals surface area (Å²) in [6.07, 6.45) is 1.50. The highest BCUT2D eigenvalue weighted by molar-refractivity contribution is 5.95. The third-order valence-electron chi connectivity index (χ3n) is 3.14. The minimum Gasteiger partial charge on any atom is -0.381 e. The predicted octanol–water partition coefficient (Wildman–Crippen LogP) is 3.56. The van der Waals surface area contributed by atoms with Crippen molar-refractivity contribution in [3.05, 3.63) is 47.4 Å². The van der Waals surface area contributed by atoms with Crippen LogP contribution >= 0.6 is 0 Å². The molecule has 1 N–H and O–H groups in total. The molecule has 4 nitrogen and oxygen atoms in total. The van der Waals surface area contributed by atoms with E-state index in [9.17, 15) is 9.65 Å². The molecular weight excluding hydrogens is 281 g/mol. The molecule has 5 heteroatoms. The molecule has 2 rings (SSSR count). The molecular formula is C17H18FN3O. The number of benzene rings is 1. The van der Waals surface area contributed by atoms with E-state index in [0.717, 1.165) is 11.1 Å². The summed E-state index contributed by atoms with van der Waals surface area (Å²) >= 11 is 0. The molecule has 1 aromatic carbocycles. The van der Waals surface area contributed by atoms with Crippen LogP contribution in [0.1, 0.15) is 18.1 Å². The number of rotatable bonds is 6. The van der Waals surface area contributed by atoms with E-state index >= 15 is 0 Å². The van der Waals surface area contributed by atoms with Gasteiger partial charge in [-0.25, -0.2) is 4.39 Å². The summed E-state index contributed by atoms with van der Waals surface area (Å²) in [4.78, 5) is 4.25. The maximum atomic E-state index is 13.7. The van der Waals surface area contributed by atoms with Gasteiger partial charge in [-0.15, -0.1) is 0 Å². The summed E-state index contributed by atoms with van der Waals surface area (Å²) in [5, 5.41) is 13.0. The van der Waals surface area contributed by atoms with E-state index in [1.165, 1.54) is 18.3 Å². The molecule has 114 valence electrons. The minimum atomic E-state index is -0.344. The van der Waals surface area contributed by atoms with Gasteiger partial charge in [0.15, 0.2) is 0 Å². The zero-order valence-electron chi connectivity index (χ0n) is 12.7. The van der Waals surface area contributed by atoms with Crippen LogP contribution in [-0.2, 0) is 4.74 Å². The molecule has 0 aliphatic heterocycles. The van der Waals surface area contributed by atoms with E-state index in [1.54, 1.807) is 6.92 Å². The summed E-state index contributed by atoms with van der Waals surface area (Å²) in [6, 6.07) is 4.91. The second-order valence-corrected chi connectivity index (χ2v) is 5.21. The normalized spacial score (nSPS) is 10.5. The number of nitrogens with one attached hydrogen (secondary N) is 1. The molecule has 0 unspecified atom stereocenters. The van der Waals surface area contributed by atoms with Gasteiger partial charge in [0.2, 0.25) is 0 Å². The lowest BCUT2D eigenvalue weighted by Crippen LogP contribution is -2.12. The van der Waals surface area contributed by atoms with Gasteiger partial charge in [0.1, 0.15) is 11.9 Å². The Morgan fingerprint density at radius 2 is 2.27 bits per heavy atom. The molecule has 0 saturated carbocycles. The first kappa shape index (κ1) is 15.9. The van der Waals surface area contributed by atoms with E-state index in [4.69, 9.17) is 4.74 Å². The summed E-state index contributed by atoms with van der Waals surface area (Å²) in [6.45, 7) is 8.92. The largest absolute Gasteiger partial charge is 0.381 e. The van der Waals surface area contributed by atoms with Gasteiger partial charge < -0.3 is 10.1 Å². The van der Waals surface area contributed by atoms with Gasteiger partial charge in [0.05, 0.1) is 30.0 Å². The molecule has 22 heavy (non-hydrogen) atoms. The molecule has 0 bridgehead atoms. The van der Waals surface area contributed by atoms with E-state index in [2.05, 4.69) is 22.9 Å². The SMILES string of the molecule is C=C(C)COCCNc1c(C#N)cnc2c(C)cc(F)cc12. The predicted molar refractivity (Wildman–Crippen MR) is 85.3 cm³/mol. The number of hydrogen-bond acceptors (Lipinski definition) is 4. The van der Waals surface area contributed by atoms with Crippen molar-refractivity contribution < 1.29 is 9.13 Å². The van der Waals surface area contributed by atoms with Crippen molar-refractivity contribution >= 4 is 16.6 Å². The second kappa shape index (κ2) is 7.01. The monoisotopic (exact) mass is 299 g/mol. The highest BCUT2D eigenvalue weighted by atomic mass is 19.1. The van der Waals surface area contributed by atoms with Gasteiger partial charge in [-0.2, -0.15) is 5.26 Å². The van der Waals surface area contributed by atoms with Crippen molar-refractivity contribution in [3.63, 3.8) is 0 Å². The molecule has 0 radical (unpaired) electrons. The zero-order chi connectivity index (χ0) is 16.1. The molecule has 1 aromatic heterocycles. The average molecular weight is 299 g/mol. The first-order valence-corrected chi connectivity index (χ1v) is 6.98. The van der Waals surface area contributed by atoms with Crippen LogP contribution in [0.5, 0.6) is 0 Å². The van der Waals surface area contributed by atoms with E-state index < -0.39 is 0 Å². The van der Waals surface area contributed by atoms with Crippen LogP contribution in [0.2, 0.25) is 0 Å². The van der Waals surface area contributed by atoms with Crippen molar-refractivity contribution in [1.82, 2.24) is 4.98 Å². The van der Waals surface area contributed by atoms with Crippen molar-refractivity contribution in [1.29, 1.82) is 5.26 Å². The summed E-state index contributed by atoms with van der Waals surface area (Å²) in [5.74, 6) is -0.344. The Hall–Kier alpha value is -2.45. The Balaban J connectivity index is 2.26. The topological polar surface area (TPSA) is 57.9 Å². The number of hydrogen-bond donors (Lipinski definition) is 1. The van der Waals surface area contributed by atoms with Crippen LogP contribution in [0.4, 0.5) is 10.1 Å². The lowest BCUT2D eigenvalue weighted by Gasteiger charge is -2.13. The molecule has 0 fully saturated rings. The van der Waals surface area contributed by atoms with Crippen molar-refractivity contribution in [2.75, 3.05) is 25.1 Å². The summed E-state index contributed by atoms with van der Waals surface area (Å²) in [5.41, 5.74) is 3.35. The highest BCUT2D eigenvalue weighted by Crippen LogP contribution is 2.28. The average Bonchev–Trinajstić information content (AvgIpc) is 2.46. The van der Waals surface area contributed by atoms with Crippen molar-refractivity contribution in [3.8, 4) is 6.07 Å². The second-order valence-electron chi connectivity index (χ2n) is 5.21. The number of aromatic nitrogens is 1. The number of anilines is 1. The van der Waals surface area contributed by atoms with Gasteiger partial charge in [-0.3, -0.25) is 4.98 Å². The molecule has 0 aliphatic carbocycles. The van der Waals surface area contributed by atoms with Crippen LogP contribution in [0, 0.1) is 24.1 Å². The van der Waals surface area contributed by atoms with Gasteiger partial charge in [-0.1, -0.05) is 12.2 Å². The van der Waals surface area contributed by atoms with Gasteiger partial charge >= 0.3 is 0 Å². The Bertz CT molecular complexity index is 750. The standard InChI is InChI=1S/C17H18FN3O/c1-11(2)10-22-5-4-20-17-13(8-19)9-21-16-12(3)6-14(18)7-15(16)17/h6-7,9H,1,4-5,10H2,2-3H3,(H,20,21). The van der Waals surface area contributed by atoms with Crippen LogP contribution in [0.15, 0.2) is 30.5 Å². The zero-order valence-corrected chi connectivity index (χ0v) is 12.7. The number of pyridine rings is 1. The van der Waals surface area contributed by atoms with Crippen LogP contribution < -0.4 is 5.32 Å². The maximum Gasteiger partial charge on any atom is 0.124 e. The summed E-state index contributed by atoms with van der Waals surface area (Å²) in [7, 11) is 0. The molecule has 0 spiro atoms. The smallest absolute Gasteiger partial charge is 0.124 e. The van der Waals surface area contributed by atoms with Crippen molar-refractivity contribution in [2.24, 2.45) is 0 Å². The summed E-state index contributed by atoms with van der Waals surface area (Å²) < 4.78 is 19.1. The van der Waals surface area contributed by atoms with Crippen molar-refractivity contribution in [2.45, 2.75) is 13.8 Å². The minimum absolute atomic E-state index is 0.344. The fraction of sp³-hybridized carbons (Fsp3) is 0.294. The first-order chi connectivity index (χ1) is 10.5. The van der Waals surface area contributed by atoms with Gasteiger partial charge in [0, 0.05) is 18.1 Å². The van der Waals surface area contributed by atoms with E-state index in [0.29, 0.717) is 41.9 Å². The lowest BCUT2D eigenvalue weighted by molar-refractivity contribution is 0.167. The fourth-order valence-corrected chi connectivity index (χ4v) is 2.21. The number of aryl methyl sites for hydroxylation is 1.